The molecule has 0 unspecified atom stereocenters. The van der Waals surface area contributed by atoms with Crippen molar-refractivity contribution in [2.24, 2.45) is 11.8 Å². The van der Waals surface area contributed by atoms with E-state index in [1.54, 1.807) is 0 Å². The van der Waals surface area contributed by atoms with Crippen LogP contribution < -0.4 is 0 Å². The second-order valence-corrected chi connectivity index (χ2v) is 7.27. The number of benzene rings is 1. The molecule has 0 aliphatic heterocycles. The second kappa shape index (κ2) is 4.85. The van der Waals surface area contributed by atoms with Gasteiger partial charge in [0.15, 0.2) is 0 Å². The average molecular weight is 378 g/mol. The van der Waals surface area contributed by atoms with Crippen molar-refractivity contribution in [2.45, 2.75) is 24.4 Å². The summed E-state index contributed by atoms with van der Waals surface area (Å²) < 4.78 is 40.8. The van der Waals surface area contributed by atoms with Crippen molar-refractivity contribution in [3.63, 3.8) is 0 Å². The minimum absolute atomic E-state index is 0.0673. The zero-order chi connectivity index (χ0) is 19.2. The molecule has 2 aromatic rings. The maximum absolute atomic E-state index is 13.3. The van der Waals surface area contributed by atoms with Crippen molar-refractivity contribution in [3.8, 4) is 17.4 Å². The lowest BCUT2D eigenvalue weighted by Crippen LogP contribution is -2.18. The van der Waals surface area contributed by atoms with Gasteiger partial charge in [0.05, 0.1) is 10.6 Å². The number of hydrogen-bond donors (Lipinski definition) is 2. The summed E-state index contributed by atoms with van der Waals surface area (Å²) in [6.45, 7) is 0. The molecule has 0 saturated heterocycles. The second-order valence-electron chi connectivity index (χ2n) is 7.27. The van der Waals surface area contributed by atoms with Gasteiger partial charge in [-0.2, -0.15) is 13.2 Å². The molecule has 0 radical (unpaired) electrons. The molecule has 2 bridgehead atoms. The smallest absolute Gasteiger partial charge is 0.423 e. The van der Waals surface area contributed by atoms with Crippen LogP contribution in [0.15, 0.2) is 30.4 Å². The number of halogens is 3. The third-order valence-corrected chi connectivity index (χ3v) is 5.94. The Morgan fingerprint density at radius 3 is 2.11 bits per heavy atom. The van der Waals surface area contributed by atoms with Crippen LogP contribution in [0.1, 0.15) is 34.9 Å². The molecule has 6 nitrogen and oxygen atoms in total. The Morgan fingerprint density at radius 2 is 1.63 bits per heavy atom. The maximum atomic E-state index is 13.3. The Balaban J connectivity index is 1.71. The van der Waals surface area contributed by atoms with Gasteiger partial charge in [-0.3, -0.25) is 14.7 Å². The molecular formula is C18H13F3N2O4. The predicted octanol–water partition coefficient (Wildman–Crippen LogP) is 4.20. The first-order valence-electron chi connectivity index (χ1n) is 8.41. The average Bonchev–Trinajstić information content (AvgIpc) is 3.38. The Bertz CT molecular complexity index is 999. The summed E-state index contributed by atoms with van der Waals surface area (Å²) in [5, 5.41) is 32.3. The Kier molecular flexibility index (Phi) is 2.91. The van der Waals surface area contributed by atoms with E-state index < -0.39 is 22.4 Å². The first-order valence-corrected chi connectivity index (χ1v) is 8.41. The number of rotatable bonds is 2. The maximum Gasteiger partial charge on any atom is 0.423 e. The van der Waals surface area contributed by atoms with Crippen molar-refractivity contribution in [1.82, 2.24) is 4.57 Å². The van der Waals surface area contributed by atoms with Gasteiger partial charge in [0.1, 0.15) is 5.56 Å². The highest BCUT2D eigenvalue weighted by atomic mass is 19.4. The largest absolute Gasteiger partial charge is 0.494 e. The fourth-order valence-electron chi connectivity index (χ4n) is 4.74. The third-order valence-electron chi connectivity index (χ3n) is 5.94. The lowest BCUT2D eigenvalue weighted by Gasteiger charge is -2.30. The number of allylic oxidation sites excluding steroid dienone is 2. The van der Waals surface area contributed by atoms with E-state index in [0.29, 0.717) is 29.0 Å². The van der Waals surface area contributed by atoms with Crippen LogP contribution in [-0.2, 0) is 6.18 Å². The van der Waals surface area contributed by atoms with Crippen molar-refractivity contribution < 1.29 is 28.3 Å². The first kappa shape index (κ1) is 16.2. The van der Waals surface area contributed by atoms with Crippen LogP contribution in [-0.4, -0.2) is 19.7 Å². The van der Waals surface area contributed by atoms with Gasteiger partial charge in [0, 0.05) is 29.0 Å². The number of hydrogen-bond acceptors (Lipinski definition) is 4. The molecular weight excluding hydrogens is 365 g/mol. The van der Waals surface area contributed by atoms with E-state index in [1.165, 1.54) is 0 Å². The molecule has 0 spiro atoms. The van der Waals surface area contributed by atoms with E-state index in [2.05, 4.69) is 0 Å². The van der Waals surface area contributed by atoms with Gasteiger partial charge in [-0.1, -0.05) is 12.2 Å². The quantitative estimate of drug-likeness (QED) is 0.466. The number of nitrogens with zero attached hydrogens (tertiary/aromatic N) is 2. The fraction of sp³-hybridized carbons (Fsp3) is 0.333. The van der Waals surface area contributed by atoms with Crippen molar-refractivity contribution >= 4 is 5.69 Å². The molecule has 4 aliphatic rings. The SMILES string of the molecule is O=[N+]([O-])c1ccc(-n2c(O)c3c(c2O)[C@@H]2C=C[C@@H]3[C@@H]3C[C@@H]32)cc1C(F)(F)F. The highest BCUT2D eigenvalue weighted by Crippen LogP contribution is 2.68. The van der Waals surface area contributed by atoms with E-state index in [4.69, 9.17) is 0 Å². The zero-order valence-electron chi connectivity index (χ0n) is 13.6. The normalized spacial score (nSPS) is 27.4. The summed E-state index contributed by atoms with van der Waals surface area (Å²) in [6.07, 6.45) is -0.00638. The highest BCUT2D eigenvalue weighted by Gasteiger charge is 2.57. The van der Waals surface area contributed by atoms with Gasteiger partial charge >= 0.3 is 6.18 Å². The van der Waals surface area contributed by atoms with Crippen LogP contribution in [0.5, 0.6) is 11.8 Å². The molecule has 1 fully saturated rings. The van der Waals surface area contributed by atoms with E-state index in [-0.39, 0.29) is 29.3 Å². The van der Waals surface area contributed by atoms with E-state index in [9.17, 15) is 33.5 Å². The lowest BCUT2D eigenvalue weighted by molar-refractivity contribution is -0.388. The van der Waals surface area contributed by atoms with E-state index >= 15 is 0 Å². The molecule has 27 heavy (non-hydrogen) atoms. The number of aromatic nitrogens is 1. The molecule has 4 atom stereocenters. The molecule has 1 aromatic heterocycles. The summed E-state index contributed by atoms with van der Waals surface area (Å²) in [5.41, 5.74) is -1.59. The van der Waals surface area contributed by atoms with Crippen molar-refractivity contribution in [1.29, 1.82) is 0 Å². The topological polar surface area (TPSA) is 88.5 Å². The molecule has 1 saturated carbocycles. The minimum Gasteiger partial charge on any atom is -0.494 e. The monoisotopic (exact) mass is 378 g/mol. The molecule has 0 amide bonds. The number of aromatic hydroxyl groups is 2. The summed E-state index contributed by atoms with van der Waals surface area (Å²) in [6, 6.07) is 2.41. The lowest BCUT2D eigenvalue weighted by atomic mass is 9.73. The summed E-state index contributed by atoms with van der Waals surface area (Å²) in [4.78, 5) is 9.83. The fourth-order valence-corrected chi connectivity index (χ4v) is 4.74. The zero-order valence-corrected chi connectivity index (χ0v) is 13.6. The van der Waals surface area contributed by atoms with Gasteiger partial charge in [0.25, 0.3) is 5.69 Å². The standard InChI is InChI=1S/C18H13F3N2O4/c19-18(20,21)12-5-7(1-4-13(12)23(26)27)22-16(24)14-8-2-3-9(11-6-10(8)11)15(14)17(22)25/h1-5,8-11,24-25H,6H2/t8-,9-,10-,11+/m1/s1. The Morgan fingerprint density at radius 1 is 1.07 bits per heavy atom. The van der Waals surface area contributed by atoms with Crippen LogP contribution in [0.4, 0.5) is 18.9 Å². The van der Waals surface area contributed by atoms with E-state index in [0.717, 1.165) is 23.1 Å². The van der Waals surface area contributed by atoms with Crippen molar-refractivity contribution in [2.75, 3.05) is 0 Å². The Hall–Kier alpha value is -2.97. The molecule has 6 rings (SSSR count). The van der Waals surface area contributed by atoms with Gasteiger partial charge < -0.3 is 10.2 Å². The van der Waals surface area contributed by atoms with Crippen LogP contribution in [0, 0.1) is 22.0 Å². The van der Waals surface area contributed by atoms with E-state index in [1.807, 2.05) is 12.2 Å². The van der Waals surface area contributed by atoms with Crippen LogP contribution in [0.2, 0.25) is 0 Å². The van der Waals surface area contributed by atoms with Crippen molar-refractivity contribution in [3.05, 3.63) is 57.2 Å². The van der Waals surface area contributed by atoms with Gasteiger partial charge in [-0.25, -0.2) is 0 Å². The minimum atomic E-state index is -4.95. The molecule has 140 valence electrons. The molecule has 1 aromatic carbocycles. The molecule has 2 N–H and O–H groups in total. The third kappa shape index (κ3) is 2.02. The van der Waals surface area contributed by atoms with Gasteiger partial charge in [0.2, 0.25) is 11.8 Å². The Labute approximate surface area is 150 Å². The van der Waals surface area contributed by atoms with Crippen LogP contribution >= 0.6 is 0 Å². The number of alkyl halides is 3. The predicted molar refractivity (Wildman–Crippen MR) is 87.0 cm³/mol. The number of nitro benzene ring substituents is 1. The number of nitro groups is 1. The summed E-state index contributed by atoms with van der Waals surface area (Å²) in [5.74, 6) is 0.0143. The summed E-state index contributed by atoms with van der Waals surface area (Å²) in [7, 11) is 0. The van der Waals surface area contributed by atoms with Crippen LogP contribution in [0.3, 0.4) is 0 Å². The van der Waals surface area contributed by atoms with Gasteiger partial charge in [-0.15, -0.1) is 0 Å². The van der Waals surface area contributed by atoms with Crippen LogP contribution in [0.25, 0.3) is 5.69 Å². The van der Waals surface area contributed by atoms with Gasteiger partial charge in [-0.05, 0) is 30.4 Å². The first-order chi connectivity index (χ1) is 12.7. The molecule has 1 heterocycles. The molecule has 9 heteroatoms. The highest BCUT2D eigenvalue weighted by molar-refractivity contribution is 5.63. The molecule has 4 aliphatic carbocycles. The summed E-state index contributed by atoms with van der Waals surface area (Å²) >= 11 is 0.